The molecule has 2 saturated heterocycles. The van der Waals surface area contributed by atoms with Gasteiger partial charge in [-0.2, -0.15) is 0 Å². The Morgan fingerprint density at radius 3 is 2.18 bits per heavy atom. The Hall–Kier alpha value is -1.14. The van der Waals surface area contributed by atoms with Crippen molar-refractivity contribution in [1.29, 1.82) is 0 Å². The fourth-order valence-electron chi connectivity index (χ4n) is 5.29. The molecule has 28 heavy (non-hydrogen) atoms. The molecule has 2 aliphatic heterocycles. The van der Waals surface area contributed by atoms with Crippen LogP contribution in [0.1, 0.15) is 64.7 Å². The second-order valence-corrected chi connectivity index (χ2v) is 9.37. The van der Waals surface area contributed by atoms with Crippen molar-refractivity contribution in [1.82, 2.24) is 14.7 Å². The van der Waals surface area contributed by atoms with Gasteiger partial charge in [-0.15, -0.1) is 0 Å². The largest absolute Gasteiger partial charge is 0.378 e. The van der Waals surface area contributed by atoms with Crippen LogP contribution in [0.2, 0.25) is 0 Å². The van der Waals surface area contributed by atoms with Gasteiger partial charge in [-0.25, -0.2) is 0 Å². The second kappa shape index (κ2) is 9.12. The first kappa shape index (κ1) is 20.1. The number of rotatable bonds is 5. The van der Waals surface area contributed by atoms with Crippen molar-refractivity contribution in [3.05, 3.63) is 0 Å². The molecule has 158 valence electrons. The molecule has 2 amide bonds. The molecule has 4 rings (SSSR count). The zero-order chi connectivity index (χ0) is 19.5. The minimum Gasteiger partial charge on any atom is -0.378 e. The van der Waals surface area contributed by atoms with E-state index in [-0.39, 0.29) is 17.9 Å². The topological polar surface area (TPSA) is 53.1 Å². The highest BCUT2D eigenvalue weighted by Crippen LogP contribution is 2.35. The molecule has 1 atom stereocenters. The van der Waals surface area contributed by atoms with E-state index in [0.717, 1.165) is 57.4 Å². The van der Waals surface area contributed by atoms with Gasteiger partial charge < -0.3 is 14.5 Å². The Balaban J connectivity index is 1.39. The summed E-state index contributed by atoms with van der Waals surface area (Å²) in [4.78, 5) is 32.8. The lowest BCUT2D eigenvalue weighted by Crippen LogP contribution is -2.56. The number of hydrogen-bond donors (Lipinski definition) is 0. The SMILES string of the molecule is CC1CCC(N(C(=O)CN2CCCCC2C(=O)N2CCOCC2)C2CC2)CC1. The maximum Gasteiger partial charge on any atom is 0.240 e. The van der Waals surface area contributed by atoms with Crippen LogP contribution >= 0.6 is 0 Å². The number of carbonyl (C=O) groups is 2. The predicted octanol–water partition coefficient (Wildman–Crippen LogP) is 2.27. The van der Waals surface area contributed by atoms with Gasteiger partial charge in [0.1, 0.15) is 0 Å². The number of morpholine rings is 1. The fraction of sp³-hybridized carbons (Fsp3) is 0.909. The van der Waals surface area contributed by atoms with Crippen LogP contribution in [0.4, 0.5) is 0 Å². The van der Waals surface area contributed by atoms with Crippen LogP contribution in [0.5, 0.6) is 0 Å². The number of hydrogen-bond acceptors (Lipinski definition) is 4. The average Bonchev–Trinajstić information content (AvgIpc) is 3.55. The monoisotopic (exact) mass is 391 g/mol. The summed E-state index contributed by atoms with van der Waals surface area (Å²) in [6.45, 7) is 6.25. The van der Waals surface area contributed by atoms with Crippen molar-refractivity contribution in [2.75, 3.05) is 39.4 Å². The lowest BCUT2D eigenvalue weighted by Gasteiger charge is -2.41. The lowest BCUT2D eigenvalue weighted by atomic mass is 9.86. The number of carbonyl (C=O) groups excluding carboxylic acids is 2. The van der Waals surface area contributed by atoms with Crippen LogP contribution in [-0.2, 0) is 14.3 Å². The summed E-state index contributed by atoms with van der Waals surface area (Å²) in [6, 6.07) is 0.765. The molecule has 2 aliphatic carbocycles. The van der Waals surface area contributed by atoms with Crippen molar-refractivity contribution in [2.24, 2.45) is 5.92 Å². The van der Waals surface area contributed by atoms with E-state index in [0.29, 0.717) is 44.9 Å². The van der Waals surface area contributed by atoms with Gasteiger partial charge in [0.25, 0.3) is 0 Å². The molecule has 0 aromatic carbocycles. The zero-order valence-corrected chi connectivity index (χ0v) is 17.5. The number of ether oxygens (including phenoxy) is 1. The maximum absolute atomic E-state index is 13.4. The third-order valence-corrected chi connectivity index (χ3v) is 7.17. The Labute approximate surface area is 169 Å². The van der Waals surface area contributed by atoms with Gasteiger partial charge in [0, 0.05) is 25.2 Å². The Morgan fingerprint density at radius 1 is 0.893 bits per heavy atom. The summed E-state index contributed by atoms with van der Waals surface area (Å²) in [5.41, 5.74) is 0. The molecule has 2 saturated carbocycles. The van der Waals surface area contributed by atoms with Crippen LogP contribution in [0, 0.1) is 5.92 Å². The highest BCUT2D eigenvalue weighted by Gasteiger charge is 2.40. The smallest absolute Gasteiger partial charge is 0.240 e. The van der Waals surface area contributed by atoms with Gasteiger partial charge >= 0.3 is 0 Å². The summed E-state index contributed by atoms with van der Waals surface area (Å²) in [5.74, 6) is 1.27. The first-order valence-corrected chi connectivity index (χ1v) is 11.5. The molecule has 0 bridgehead atoms. The van der Waals surface area contributed by atoms with E-state index in [4.69, 9.17) is 4.74 Å². The minimum atomic E-state index is -0.122. The standard InChI is InChI=1S/C22H37N3O3/c1-17-5-7-18(8-6-17)25(19-9-10-19)21(26)16-24-11-3-2-4-20(24)22(27)23-12-14-28-15-13-23/h17-20H,2-16H2,1H3. The molecule has 0 aromatic heterocycles. The van der Waals surface area contributed by atoms with Gasteiger partial charge in [0.15, 0.2) is 0 Å². The first-order chi connectivity index (χ1) is 13.6. The average molecular weight is 392 g/mol. The van der Waals surface area contributed by atoms with Gasteiger partial charge in [-0.3, -0.25) is 14.5 Å². The minimum absolute atomic E-state index is 0.122. The van der Waals surface area contributed by atoms with Gasteiger partial charge in [0.2, 0.25) is 11.8 Å². The molecule has 0 aromatic rings. The molecule has 2 heterocycles. The van der Waals surface area contributed by atoms with Crippen LogP contribution < -0.4 is 0 Å². The molecule has 0 radical (unpaired) electrons. The Morgan fingerprint density at radius 2 is 1.54 bits per heavy atom. The highest BCUT2D eigenvalue weighted by molar-refractivity contribution is 5.84. The van der Waals surface area contributed by atoms with E-state index in [2.05, 4.69) is 16.7 Å². The molecule has 4 fully saturated rings. The molecule has 6 heteroatoms. The van der Waals surface area contributed by atoms with E-state index < -0.39 is 0 Å². The van der Waals surface area contributed by atoms with Crippen LogP contribution in [0.3, 0.4) is 0 Å². The van der Waals surface area contributed by atoms with Crippen molar-refractivity contribution in [3.8, 4) is 0 Å². The molecular weight excluding hydrogens is 354 g/mol. The van der Waals surface area contributed by atoms with Gasteiger partial charge in [-0.05, 0) is 63.8 Å². The molecule has 1 unspecified atom stereocenters. The quantitative estimate of drug-likeness (QED) is 0.721. The summed E-state index contributed by atoms with van der Waals surface area (Å²) in [5, 5.41) is 0. The molecule has 0 spiro atoms. The fourth-order valence-corrected chi connectivity index (χ4v) is 5.29. The van der Waals surface area contributed by atoms with Crippen LogP contribution in [0.25, 0.3) is 0 Å². The first-order valence-electron chi connectivity index (χ1n) is 11.5. The zero-order valence-electron chi connectivity index (χ0n) is 17.5. The molecule has 0 N–H and O–H groups in total. The molecular formula is C22H37N3O3. The summed E-state index contributed by atoms with van der Waals surface area (Å²) in [7, 11) is 0. The number of nitrogens with zero attached hydrogens (tertiary/aromatic N) is 3. The van der Waals surface area contributed by atoms with Crippen molar-refractivity contribution in [2.45, 2.75) is 82.8 Å². The molecule has 6 nitrogen and oxygen atoms in total. The van der Waals surface area contributed by atoms with E-state index >= 15 is 0 Å². The second-order valence-electron chi connectivity index (χ2n) is 9.37. The third-order valence-electron chi connectivity index (χ3n) is 7.17. The third kappa shape index (κ3) is 4.70. The van der Waals surface area contributed by atoms with E-state index in [1.165, 1.54) is 12.8 Å². The maximum atomic E-state index is 13.4. The van der Waals surface area contributed by atoms with E-state index in [1.807, 2.05) is 4.90 Å². The summed E-state index contributed by atoms with van der Waals surface area (Å²) in [6.07, 6.45) is 10.2. The van der Waals surface area contributed by atoms with E-state index in [1.54, 1.807) is 0 Å². The van der Waals surface area contributed by atoms with Crippen molar-refractivity contribution < 1.29 is 14.3 Å². The van der Waals surface area contributed by atoms with Crippen LogP contribution in [0.15, 0.2) is 0 Å². The molecule has 4 aliphatic rings. The Bertz CT molecular complexity index is 551. The van der Waals surface area contributed by atoms with Gasteiger partial charge in [0.05, 0.1) is 25.8 Å². The predicted molar refractivity (Wildman–Crippen MR) is 108 cm³/mol. The van der Waals surface area contributed by atoms with Crippen molar-refractivity contribution in [3.63, 3.8) is 0 Å². The number of piperidine rings is 1. The highest BCUT2D eigenvalue weighted by atomic mass is 16.5. The summed E-state index contributed by atoms with van der Waals surface area (Å²) < 4.78 is 5.40. The lowest BCUT2D eigenvalue weighted by molar-refractivity contribution is -0.145. The van der Waals surface area contributed by atoms with Crippen LogP contribution in [-0.4, -0.2) is 84.0 Å². The van der Waals surface area contributed by atoms with E-state index in [9.17, 15) is 9.59 Å². The normalized spacial score (nSPS) is 32.2. The summed E-state index contributed by atoms with van der Waals surface area (Å²) >= 11 is 0. The Kier molecular flexibility index (Phi) is 6.56. The van der Waals surface area contributed by atoms with Crippen molar-refractivity contribution >= 4 is 11.8 Å². The number of amides is 2. The number of likely N-dealkylation sites (tertiary alicyclic amines) is 1. The van der Waals surface area contributed by atoms with Gasteiger partial charge in [-0.1, -0.05) is 13.3 Å².